The third kappa shape index (κ3) is 9.20. The standard InChI is InChI=1S/C46H52FN5O5/c1-29(36-16-9-10-18-38(36)47)51(44(55)40-24-33-13-5-6-14-34(33)26-48-40)27-30-20-22-32(23-21-30)42(53)49-35-25-41(52(28-35)45(56)57-46(2,3)4)43(54)50-39-19-11-15-31-12-7-8-17-37(31)39/h5-10,12-14,16-18,20-23,29,35,39-41,48H,11,15,19,24-28H2,1-4H3,(H,49,53)(H,50,54)/t29-,35+,39-,40?,41+/m1/s1. The molecule has 0 spiro atoms. The van der Waals surface area contributed by atoms with Crippen LogP contribution in [0.4, 0.5) is 9.18 Å². The third-order valence-corrected chi connectivity index (χ3v) is 11.3. The monoisotopic (exact) mass is 773 g/mol. The van der Waals surface area contributed by atoms with Gasteiger partial charge in [0.25, 0.3) is 5.91 Å². The molecule has 57 heavy (non-hydrogen) atoms. The van der Waals surface area contributed by atoms with Crippen LogP contribution >= 0.6 is 0 Å². The van der Waals surface area contributed by atoms with Crippen LogP contribution in [0.1, 0.15) is 103 Å². The highest BCUT2D eigenvalue weighted by Crippen LogP contribution is 2.31. The largest absolute Gasteiger partial charge is 0.444 e. The number of hydrogen-bond donors (Lipinski definition) is 3. The van der Waals surface area contributed by atoms with Crippen molar-refractivity contribution in [3.8, 4) is 0 Å². The van der Waals surface area contributed by atoms with Crippen molar-refractivity contribution >= 4 is 23.8 Å². The normalized spacial score (nSPS) is 20.8. The van der Waals surface area contributed by atoms with Crippen LogP contribution in [0.5, 0.6) is 0 Å². The number of rotatable bonds is 9. The number of aryl methyl sites for hydroxylation is 1. The molecule has 0 aromatic heterocycles. The van der Waals surface area contributed by atoms with Crippen LogP contribution in [-0.4, -0.2) is 63.9 Å². The molecule has 1 aliphatic carbocycles. The van der Waals surface area contributed by atoms with E-state index in [-0.39, 0.29) is 49.1 Å². The summed E-state index contributed by atoms with van der Waals surface area (Å²) in [7, 11) is 0. The molecule has 3 aliphatic rings. The number of ether oxygens (including phenoxy) is 1. The number of amides is 4. The Balaban J connectivity index is 1.04. The number of nitrogens with zero attached hydrogens (tertiary/aromatic N) is 2. The number of hydrogen-bond acceptors (Lipinski definition) is 6. The first kappa shape index (κ1) is 39.7. The smallest absolute Gasteiger partial charge is 0.411 e. The first-order valence-electron chi connectivity index (χ1n) is 20.0. The molecule has 0 bridgehead atoms. The molecule has 5 atom stereocenters. The zero-order chi connectivity index (χ0) is 40.3. The van der Waals surface area contributed by atoms with E-state index in [9.17, 15) is 19.2 Å². The fourth-order valence-corrected chi connectivity index (χ4v) is 8.33. The second-order valence-electron chi connectivity index (χ2n) is 16.5. The van der Waals surface area contributed by atoms with E-state index < -0.39 is 35.9 Å². The zero-order valence-corrected chi connectivity index (χ0v) is 33.1. The fraction of sp³-hybridized carbons (Fsp3) is 0.391. The van der Waals surface area contributed by atoms with Crippen LogP contribution in [0.2, 0.25) is 0 Å². The number of carbonyl (C=O) groups is 4. The Morgan fingerprint density at radius 2 is 1.58 bits per heavy atom. The SMILES string of the molecule is C[C@H](c1ccccc1F)N(Cc1ccc(C(=O)N[C@H]2C[C@@H](C(=O)N[C@@H]3CCCc4ccccc43)N(C(=O)OC(C)(C)C)C2)cc1)C(=O)C1Cc2ccccc2CN1. The van der Waals surface area contributed by atoms with Gasteiger partial charge < -0.3 is 25.6 Å². The Bertz CT molecular complexity index is 2120. The number of likely N-dealkylation sites (tertiary alicyclic amines) is 1. The Hall–Kier alpha value is -5.55. The van der Waals surface area contributed by atoms with Crippen molar-refractivity contribution in [3.05, 3.63) is 142 Å². The molecule has 4 aromatic carbocycles. The van der Waals surface area contributed by atoms with Gasteiger partial charge in [-0.1, -0.05) is 78.9 Å². The van der Waals surface area contributed by atoms with Gasteiger partial charge in [0.2, 0.25) is 11.8 Å². The van der Waals surface area contributed by atoms with Crippen molar-refractivity contribution in [3.63, 3.8) is 0 Å². The van der Waals surface area contributed by atoms with E-state index in [0.717, 1.165) is 41.5 Å². The summed E-state index contributed by atoms with van der Waals surface area (Å²) in [5, 5.41) is 9.61. The van der Waals surface area contributed by atoms with Crippen molar-refractivity contribution < 1.29 is 28.3 Å². The van der Waals surface area contributed by atoms with Crippen molar-refractivity contribution in [2.45, 2.75) is 109 Å². The van der Waals surface area contributed by atoms with Crippen LogP contribution in [0.3, 0.4) is 0 Å². The molecule has 10 nitrogen and oxygen atoms in total. The lowest BCUT2D eigenvalue weighted by Crippen LogP contribution is -2.50. The second-order valence-corrected chi connectivity index (χ2v) is 16.5. The van der Waals surface area contributed by atoms with Crippen LogP contribution in [0.25, 0.3) is 0 Å². The predicted octanol–water partition coefficient (Wildman–Crippen LogP) is 6.93. The van der Waals surface area contributed by atoms with Crippen molar-refractivity contribution in [2.75, 3.05) is 6.54 Å². The number of halogens is 1. The van der Waals surface area contributed by atoms with E-state index in [2.05, 4.69) is 28.1 Å². The van der Waals surface area contributed by atoms with Gasteiger partial charge in [-0.15, -0.1) is 0 Å². The average Bonchev–Trinajstić information content (AvgIpc) is 3.63. The molecule has 2 heterocycles. The highest BCUT2D eigenvalue weighted by atomic mass is 19.1. The van der Waals surface area contributed by atoms with Crippen LogP contribution in [0, 0.1) is 5.82 Å². The Kier molecular flexibility index (Phi) is 11.8. The summed E-state index contributed by atoms with van der Waals surface area (Å²) in [6, 6.07) is 27.1. The first-order chi connectivity index (χ1) is 27.3. The van der Waals surface area contributed by atoms with Gasteiger partial charge in [0.1, 0.15) is 17.5 Å². The summed E-state index contributed by atoms with van der Waals surface area (Å²) in [5.74, 6) is -1.15. The van der Waals surface area contributed by atoms with Crippen molar-refractivity contribution in [1.82, 2.24) is 25.8 Å². The minimum atomic E-state index is -0.825. The topological polar surface area (TPSA) is 120 Å². The average molecular weight is 774 g/mol. The fourth-order valence-electron chi connectivity index (χ4n) is 8.33. The number of carbonyl (C=O) groups excluding carboxylic acids is 4. The number of benzene rings is 4. The lowest BCUT2D eigenvalue weighted by atomic mass is 9.87. The second kappa shape index (κ2) is 16.9. The zero-order valence-electron chi connectivity index (χ0n) is 33.1. The highest BCUT2D eigenvalue weighted by molar-refractivity contribution is 5.95. The van der Waals surface area contributed by atoms with Gasteiger partial charge >= 0.3 is 6.09 Å². The Morgan fingerprint density at radius 1 is 0.895 bits per heavy atom. The summed E-state index contributed by atoms with van der Waals surface area (Å²) in [6.07, 6.45) is 2.86. The lowest BCUT2D eigenvalue weighted by Gasteiger charge is -2.35. The summed E-state index contributed by atoms with van der Waals surface area (Å²) < 4.78 is 20.8. The molecule has 4 aromatic rings. The van der Waals surface area contributed by atoms with Gasteiger partial charge in [0.15, 0.2) is 0 Å². The molecule has 4 amide bonds. The van der Waals surface area contributed by atoms with Crippen molar-refractivity contribution in [2.24, 2.45) is 0 Å². The number of fused-ring (bicyclic) bond motifs is 2. The van der Waals surface area contributed by atoms with Crippen molar-refractivity contribution in [1.29, 1.82) is 0 Å². The van der Waals surface area contributed by atoms with Gasteiger partial charge in [-0.3, -0.25) is 19.3 Å². The van der Waals surface area contributed by atoms with Gasteiger partial charge in [-0.2, -0.15) is 0 Å². The van der Waals surface area contributed by atoms with Crippen LogP contribution < -0.4 is 16.0 Å². The molecule has 0 saturated carbocycles. The minimum Gasteiger partial charge on any atom is -0.444 e. The maximum absolute atomic E-state index is 15.1. The maximum Gasteiger partial charge on any atom is 0.411 e. The summed E-state index contributed by atoms with van der Waals surface area (Å²) in [5.41, 5.74) is 5.40. The Morgan fingerprint density at radius 3 is 2.32 bits per heavy atom. The molecule has 2 aliphatic heterocycles. The van der Waals surface area contributed by atoms with Crippen LogP contribution in [0.15, 0.2) is 97.1 Å². The molecule has 1 unspecified atom stereocenters. The maximum atomic E-state index is 15.1. The number of nitrogens with one attached hydrogen (secondary N) is 3. The summed E-state index contributed by atoms with van der Waals surface area (Å²) in [6.45, 7) is 8.04. The van der Waals surface area contributed by atoms with E-state index in [0.29, 0.717) is 24.1 Å². The first-order valence-corrected chi connectivity index (χ1v) is 20.0. The predicted molar refractivity (Wildman–Crippen MR) is 215 cm³/mol. The molecule has 1 fully saturated rings. The van der Waals surface area contributed by atoms with Gasteiger partial charge in [0.05, 0.1) is 18.1 Å². The van der Waals surface area contributed by atoms with E-state index in [1.165, 1.54) is 16.5 Å². The molecule has 0 radical (unpaired) electrons. The quantitative estimate of drug-likeness (QED) is 0.170. The molecular formula is C46H52FN5O5. The summed E-state index contributed by atoms with van der Waals surface area (Å²) in [4.78, 5) is 58.3. The molecular weight excluding hydrogens is 722 g/mol. The highest BCUT2D eigenvalue weighted by Gasteiger charge is 2.43. The van der Waals surface area contributed by atoms with Gasteiger partial charge in [-0.05, 0) is 106 Å². The molecule has 7 rings (SSSR count). The Labute approximate surface area is 334 Å². The third-order valence-electron chi connectivity index (χ3n) is 11.3. The molecule has 11 heteroatoms. The van der Waals surface area contributed by atoms with Crippen LogP contribution in [-0.2, 0) is 40.3 Å². The minimum absolute atomic E-state index is 0.114. The van der Waals surface area contributed by atoms with E-state index in [1.54, 1.807) is 68.1 Å². The summed E-state index contributed by atoms with van der Waals surface area (Å²) >= 11 is 0. The molecule has 1 saturated heterocycles. The van der Waals surface area contributed by atoms with Gasteiger partial charge in [-0.25, -0.2) is 9.18 Å². The van der Waals surface area contributed by atoms with Gasteiger partial charge in [0, 0.05) is 36.8 Å². The van der Waals surface area contributed by atoms with E-state index >= 15 is 4.39 Å². The molecule has 3 N–H and O–H groups in total. The van der Waals surface area contributed by atoms with E-state index in [4.69, 9.17) is 4.74 Å². The van der Waals surface area contributed by atoms with E-state index in [1.807, 2.05) is 43.3 Å². The lowest BCUT2D eigenvalue weighted by molar-refractivity contribution is -0.136. The molecule has 298 valence electrons.